The van der Waals surface area contributed by atoms with Crippen molar-refractivity contribution >= 4 is 47.1 Å². The summed E-state index contributed by atoms with van der Waals surface area (Å²) in [5.41, 5.74) is 9.08. The Morgan fingerprint density at radius 1 is 1.09 bits per heavy atom. The number of nitrogens with zero attached hydrogens (tertiary/aromatic N) is 3. The van der Waals surface area contributed by atoms with Gasteiger partial charge in [0.25, 0.3) is 5.91 Å². The van der Waals surface area contributed by atoms with Crippen molar-refractivity contribution < 1.29 is 24.6 Å². The van der Waals surface area contributed by atoms with E-state index in [1.54, 1.807) is 25.1 Å². The van der Waals surface area contributed by atoms with Gasteiger partial charge in [-0.15, -0.1) is 5.10 Å². The molecule has 0 aliphatic carbocycles. The molecule has 4 N–H and O–H groups in total. The van der Waals surface area contributed by atoms with Gasteiger partial charge in [-0.2, -0.15) is 5.53 Å². The molecule has 10 nitrogen and oxygen atoms in total. The minimum atomic E-state index is -1.19. The minimum Gasteiger partial charge on any atom is -0.478 e. The molecule has 35 heavy (non-hydrogen) atoms. The fourth-order valence-electron chi connectivity index (χ4n) is 3.33. The molecule has 11 heteroatoms. The molecule has 0 unspecified atom stereocenters. The number of carbonyl (C=O) groups is 3. The van der Waals surface area contributed by atoms with E-state index in [2.05, 4.69) is 20.6 Å². The Hall–Kier alpha value is -4.18. The molecule has 0 saturated carbocycles. The number of rotatable bonds is 11. The molecule has 0 heterocycles. The standard InChI is InChI=1S/C24H24ClN5O5/c1-14-11-16(19(25)13-18(14)24(34)35)6-3-5-15-8-9-17(23(32)33)21(12-15)29-22(31)20(27-2)7-4-10-28-30-26/h4,7-13,26H,3,5-6H2,1-2H3,(H,29,31)(H,32,33)(H,34,35)/b7-4-,27-20+,28-10+,30-26?. The minimum absolute atomic E-state index is 0.0259. The second kappa shape index (κ2) is 12.9. The highest BCUT2D eigenvalue weighted by Gasteiger charge is 2.16. The van der Waals surface area contributed by atoms with Crippen molar-refractivity contribution in [3.8, 4) is 0 Å². The fourth-order valence-corrected chi connectivity index (χ4v) is 3.59. The Bertz CT molecular complexity index is 1240. The average molecular weight is 498 g/mol. The zero-order chi connectivity index (χ0) is 26.0. The normalized spacial score (nSPS) is 11.7. The monoisotopic (exact) mass is 497 g/mol. The van der Waals surface area contributed by atoms with Crippen LogP contribution in [0.1, 0.15) is 43.8 Å². The summed E-state index contributed by atoms with van der Waals surface area (Å²) in [5.74, 6) is -2.84. The van der Waals surface area contributed by atoms with Crippen molar-refractivity contribution in [1.82, 2.24) is 0 Å². The molecule has 182 valence electrons. The van der Waals surface area contributed by atoms with Crippen molar-refractivity contribution in [2.24, 2.45) is 15.3 Å². The molecule has 2 aromatic carbocycles. The van der Waals surface area contributed by atoms with Crippen molar-refractivity contribution in [3.05, 3.63) is 75.3 Å². The van der Waals surface area contributed by atoms with Gasteiger partial charge in [0, 0.05) is 12.1 Å². The molecule has 2 rings (SSSR count). The lowest BCUT2D eigenvalue weighted by molar-refractivity contribution is -0.110. The van der Waals surface area contributed by atoms with Crippen LogP contribution in [0.25, 0.3) is 0 Å². The van der Waals surface area contributed by atoms with E-state index in [-0.39, 0.29) is 22.5 Å². The third-order valence-corrected chi connectivity index (χ3v) is 5.39. The molecule has 0 aliphatic heterocycles. The van der Waals surface area contributed by atoms with Crippen LogP contribution in [0.3, 0.4) is 0 Å². The molecular formula is C24H24ClN5O5. The summed E-state index contributed by atoms with van der Waals surface area (Å²) in [6.45, 7) is 1.71. The fraction of sp³-hybridized carbons (Fsp3) is 0.208. The number of aliphatic imine (C=N–C) groups is 1. The number of carboxylic acids is 2. The van der Waals surface area contributed by atoms with Crippen LogP contribution in [0.2, 0.25) is 5.02 Å². The number of hydrogen-bond acceptors (Lipinski definition) is 6. The molecule has 0 fully saturated rings. The van der Waals surface area contributed by atoms with E-state index in [9.17, 15) is 24.6 Å². The van der Waals surface area contributed by atoms with Crippen LogP contribution in [0.5, 0.6) is 0 Å². The lowest BCUT2D eigenvalue weighted by Crippen LogP contribution is -2.22. The van der Waals surface area contributed by atoms with E-state index < -0.39 is 17.8 Å². The first-order chi connectivity index (χ1) is 16.7. The maximum Gasteiger partial charge on any atom is 0.337 e. The number of benzene rings is 2. The number of allylic oxidation sites excluding steroid dienone is 1. The first kappa shape index (κ1) is 27.1. The Morgan fingerprint density at radius 2 is 1.80 bits per heavy atom. The first-order valence-electron chi connectivity index (χ1n) is 10.4. The summed E-state index contributed by atoms with van der Waals surface area (Å²) in [4.78, 5) is 39.4. The Kier molecular flexibility index (Phi) is 9.98. The highest BCUT2D eigenvalue weighted by atomic mass is 35.5. The number of halogens is 1. The maximum absolute atomic E-state index is 12.6. The van der Waals surface area contributed by atoms with Gasteiger partial charge in [-0.25, -0.2) is 9.59 Å². The van der Waals surface area contributed by atoms with E-state index in [0.29, 0.717) is 29.8 Å². The molecule has 0 aliphatic rings. The number of aromatic carboxylic acids is 2. The second-order valence-corrected chi connectivity index (χ2v) is 7.80. The van der Waals surface area contributed by atoms with E-state index >= 15 is 0 Å². The van der Waals surface area contributed by atoms with Gasteiger partial charge in [0.1, 0.15) is 5.71 Å². The van der Waals surface area contributed by atoms with Gasteiger partial charge in [-0.05, 0) is 73.2 Å². The number of anilines is 1. The Balaban J connectivity index is 2.16. The first-order valence-corrected chi connectivity index (χ1v) is 10.8. The molecule has 0 spiro atoms. The topological polar surface area (TPSA) is 165 Å². The number of aryl methyl sites for hydroxylation is 3. The molecule has 0 atom stereocenters. The molecule has 0 radical (unpaired) electrons. The maximum atomic E-state index is 12.6. The highest BCUT2D eigenvalue weighted by Crippen LogP contribution is 2.24. The van der Waals surface area contributed by atoms with Crippen LogP contribution in [0.4, 0.5) is 5.69 Å². The van der Waals surface area contributed by atoms with Gasteiger partial charge in [0.05, 0.1) is 23.0 Å². The molecular weight excluding hydrogens is 474 g/mol. The third kappa shape index (κ3) is 7.68. The zero-order valence-corrected chi connectivity index (χ0v) is 19.8. The van der Waals surface area contributed by atoms with Crippen LogP contribution in [0, 0.1) is 12.5 Å². The smallest absolute Gasteiger partial charge is 0.337 e. The SMILES string of the molecule is C\N=C(/C=C\C=N\N=N)C(=O)Nc1cc(CCCc2cc(C)c(C(=O)O)cc2Cl)ccc1C(=O)O. The summed E-state index contributed by atoms with van der Waals surface area (Å²) in [6.07, 6.45) is 5.76. The number of amides is 1. The molecule has 0 saturated heterocycles. The average Bonchev–Trinajstić information content (AvgIpc) is 2.80. The molecule has 1 amide bonds. The number of carbonyl (C=O) groups excluding carboxylic acids is 1. The van der Waals surface area contributed by atoms with Crippen LogP contribution < -0.4 is 5.32 Å². The highest BCUT2D eigenvalue weighted by molar-refractivity contribution is 6.47. The summed E-state index contributed by atoms with van der Waals surface area (Å²) in [7, 11) is 1.41. The largest absolute Gasteiger partial charge is 0.478 e. The van der Waals surface area contributed by atoms with Crippen molar-refractivity contribution in [3.63, 3.8) is 0 Å². The van der Waals surface area contributed by atoms with Gasteiger partial charge in [-0.1, -0.05) is 29.0 Å². The van der Waals surface area contributed by atoms with Crippen LogP contribution >= 0.6 is 11.6 Å². The lowest BCUT2D eigenvalue weighted by Gasteiger charge is -2.12. The van der Waals surface area contributed by atoms with Crippen LogP contribution in [-0.2, 0) is 17.6 Å². The summed E-state index contributed by atoms with van der Waals surface area (Å²) < 4.78 is 0. The molecule has 0 bridgehead atoms. The number of nitrogens with one attached hydrogen (secondary N) is 2. The second-order valence-electron chi connectivity index (χ2n) is 7.39. The van der Waals surface area contributed by atoms with E-state index in [1.165, 1.54) is 37.5 Å². The summed E-state index contributed by atoms with van der Waals surface area (Å²) in [6, 6.07) is 7.90. The predicted octanol–water partition coefficient (Wildman–Crippen LogP) is 4.80. The van der Waals surface area contributed by atoms with E-state index in [1.807, 2.05) is 0 Å². The van der Waals surface area contributed by atoms with Crippen molar-refractivity contribution in [2.75, 3.05) is 12.4 Å². The molecule has 0 aromatic heterocycles. The van der Waals surface area contributed by atoms with Crippen LogP contribution in [-0.4, -0.2) is 47.0 Å². The summed E-state index contributed by atoms with van der Waals surface area (Å²) >= 11 is 6.25. The number of hydrogen-bond donors (Lipinski definition) is 4. The Labute approximate surface area is 206 Å². The van der Waals surface area contributed by atoms with Crippen LogP contribution in [0.15, 0.2) is 57.8 Å². The van der Waals surface area contributed by atoms with Gasteiger partial charge in [0.2, 0.25) is 0 Å². The molecule has 2 aromatic rings. The summed E-state index contributed by atoms with van der Waals surface area (Å²) in [5, 5.41) is 27.8. The number of carboxylic acid groups (broad SMARTS) is 2. The quantitative estimate of drug-likeness (QED) is 0.198. The van der Waals surface area contributed by atoms with E-state index in [4.69, 9.17) is 17.1 Å². The van der Waals surface area contributed by atoms with Gasteiger partial charge in [0.15, 0.2) is 0 Å². The zero-order valence-electron chi connectivity index (χ0n) is 19.1. The lowest BCUT2D eigenvalue weighted by atomic mass is 9.99. The van der Waals surface area contributed by atoms with Gasteiger partial charge in [-0.3, -0.25) is 9.79 Å². The van der Waals surface area contributed by atoms with Crippen molar-refractivity contribution in [1.29, 1.82) is 5.53 Å². The third-order valence-electron chi connectivity index (χ3n) is 5.04. The Morgan fingerprint density at radius 3 is 2.43 bits per heavy atom. The van der Waals surface area contributed by atoms with E-state index in [0.717, 1.165) is 11.1 Å². The van der Waals surface area contributed by atoms with Crippen molar-refractivity contribution in [2.45, 2.75) is 26.2 Å². The van der Waals surface area contributed by atoms with Gasteiger partial charge >= 0.3 is 11.9 Å². The van der Waals surface area contributed by atoms with Gasteiger partial charge < -0.3 is 15.5 Å². The predicted molar refractivity (Wildman–Crippen MR) is 133 cm³/mol.